The van der Waals surface area contributed by atoms with Gasteiger partial charge in [0.15, 0.2) is 0 Å². The molecule has 5 aromatic carbocycles. The van der Waals surface area contributed by atoms with E-state index in [2.05, 4.69) is 143 Å². The van der Waals surface area contributed by atoms with Crippen molar-refractivity contribution in [2.24, 2.45) is 0 Å². The van der Waals surface area contributed by atoms with Gasteiger partial charge >= 0.3 is 0 Å². The lowest BCUT2D eigenvalue weighted by Crippen LogP contribution is -2.29. The summed E-state index contributed by atoms with van der Waals surface area (Å²) in [6.07, 6.45) is 0. The van der Waals surface area contributed by atoms with Gasteiger partial charge in [0.05, 0.1) is 10.9 Å². The fourth-order valence-corrected chi connectivity index (χ4v) is 6.78. The van der Waals surface area contributed by atoms with Crippen LogP contribution >= 0.6 is 15.9 Å². The molecule has 0 fully saturated rings. The molecule has 35 heavy (non-hydrogen) atoms. The molecule has 0 amide bonds. The van der Waals surface area contributed by atoms with Crippen LogP contribution in [0.2, 0.25) is 0 Å². The first-order chi connectivity index (χ1) is 17.2. The van der Waals surface area contributed by atoms with Crippen LogP contribution in [0.1, 0.15) is 29.2 Å². The van der Waals surface area contributed by atoms with E-state index in [1.165, 1.54) is 55.2 Å². The zero-order valence-electron chi connectivity index (χ0n) is 19.5. The highest BCUT2D eigenvalue weighted by molar-refractivity contribution is 9.10. The third kappa shape index (κ3) is 2.69. The minimum Gasteiger partial charge on any atom is -0.340 e. The molecule has 1 heterocycles. The van der Waals surface area contributed by atoms with Crippen LogP contribution in [-0.2, 0) is 12.0 Å². The van der Waals surface area contributed by atoms with Crippen molar-refractivity contribution in [3.05, 3.63) is 142 Å². The topological polar surface area (TPSA) is 4.93 Å². The second kappa shape index (κ2) is 7.69. The van der Waals surface area contributed by atoms with E-state index in [-0.39, 0.29) is 0 Å². The van der Waals surface area contributed by atoms with Crippen LogP contribution < -0.4 is 0 Å². The third-order valence-corrected chi connectivity index (χ3v) is 8.21. The molecule has 1 aliphatic carbocycles. The largest absolute Gasteiger partial charge is 0.340 e. The Balaban J connectivity index is 1.78. The quantitative estimate of drug-likeness (QED) is 0.222. The summed E-state index contributed by atoms with van der Waals surface area (Å²) >= 11 is 3.81. The molecule has 0 bridgehead atoms. The first-order valence-corrected chi connectivity index (χ1v) is 13.0. The van der Waals surface area contributed by atoms with Crippen molar-refractivity contribution in [2.45, 2.75) is 18.9 Å². The summed E-state index contributed by atoms with van der Waals surface area (Å²) in [6.45, 7) is 3.18. The molecule has 7 rings (SSSR count). The maximum absolute atomic E-state index is 3.81. The summed E-state index contributed by atoms with van der Waals surface area (Å²) in [6, 6.07) is 42.4. The predicted octanol–water partition coefficient (Wildman–Crippen LogP) is 8.94. The summed E-state index contributed by atoms with van der Waals surface area (Å²) < 4.78 is 3.62. The summed E-state index contributed by atoms with van der Waals surface area (Å²) in [7, 11) is 0. The third-order valence-electron chi connectivity index (χ3n) is 7.71. The molecule has 6 aromatic rings. The number of halogens is 1. The number of aryl methyl sites for hydroxylation is 1. The predicted molar refractivity (Wildman–Crippen MR) is 150 cm³/mol. The normalized spacial score (nSPS) is 13.8. The van der Waals surface area contributed by atoms with Crippen molar-refractivity contribution >= 4 is 37.7 Å². The van der Waals surface area contributed by atoms with Crippen LogP contribution in [0.15, 0.2) is 120 Å². The van der Waals surface area contributed by atoms with E-state index in [1.54, 1.807) is 0 Å². The average Bonchev–Trinajstić information content (AvgIpc) is 3.39. The van der Waals surface area contributed by atoms with Gasteiger partial charge in [0, 0.05) is 32.9 Å². The maximum Gasteiger partial charge on any atom is 0.0734 e. The SMILES string of the molecule is CCn1c2ccccc2c2ccc3c(c21)C(c1ccccc1)(c1ccccc1)c1cc(Br)ccc1-3. The Morgan fingerprint density at radius 1 is 0.657 bits per heavy atom. The molecular weight excluding hydrogens is 490 g/mol. The van der Waals surface area contributed by atoms with Crippen LogP contribution in [0.3, 0.4) is 0 Å². The molecule has 1 aromatic heterocycles. The van der Waals surface area contributed by atoms with Crippen molar-refractivity contribution in [1.29, 1.82) is 0 Å². The molecule has 168 valence electrons. The molecule has 1 aliphatic rings. The van der Waals surface area contributed by atoms with Gasteiger partial charge in [-0.05, 0) is 52.9 Å². The van der Waals surface area contributed by atoms with Crippen LogP contribution in [-0.4, -0.2) is 4.57 Å². The maximum atomic E-state index is 3.81. The summed E-state index contributed by atoms with van der Waals surface area (Å²) in [5, 5.41) is 2.64. The van der Waals surface area contributed by atoms with E-state index < -0.39 is 5.41 Å². The number of aromatic nitrogens is 1. The van der Waals surface area contributed by atoms with E-state index in [1.807, 2.05) is 0 Å². The molecule has 0 unspecified atom stereocenters. The number of para-hydroxylation sites is 1. The number of hydrogen-bond donors (Lipinski definition) is 0. The van der Waals surface area contributed by atoms with E-state index in [0.717, 1.165) is 11.0 Å². The smallest absolute Gasteiger partial charge is 0.0734 e. The van der Waals surface area contributed by atoms with Gasteiger partial charge in [0.2, 0.25) is 0 Å². The van der Waals surface area contributed by atoms with Gasteiger partial charge in [-0.25, -0.2) is 0 Å². The number of benzene rings is 5. The first-order valence-electron chi connectivity index (χ1n) is 12.2. The van der Waals surface area contributed by atoms with Crippen molar-refractivity contribution in [1.82, 2.24) is 4.57 Å². The molecule has 0 N–H and O–H groups in total. The lowest BCUT2D eigenvalue weighted by Gasteiger charge is -2.34. The second-order valence-corrected chi connectivity index (χ2v) is 10.2. The summed E-state index contributed by atoms with van der Waals surface area (Å²) in [4.78, 5) is 0. The number of nitrogens with zero attached hydrogens (tertiary/aromatic N) is 1. The van der Waals surface area contributed by atoms with Crippen molar-refractivity contribution < 1.29 is 0 Å². The molecule has 0 radical (unpaired) electrons. The molecule has 0 spiro atoms. The monoisotopic (exact) mass is 513 g/mol. The molecule has 0 saturated heterocycles. The van der Waals surface area contributed by atoms with Crippen LogP contribution in [0.4, 0.5) is 0 Å². The molecule has 0 atom stereocenters. The zero-order valence-corrected chi connectivity index (χ0v) is 21.1. The van der Waals surface area contributed by atoms with Crippen molar-refractivity contribution in [3.8, 4) is 11.1 Å². The van der Waals surface area contributed by atoms with Gasteiger partial charge in [-0.1, -0.05) is 113 Å². The minimum atomic E-state index is -0.419. The van der Waals surface area contributed by atoms with Gasteiger partial charge in [0.25, 0.3) is 0 Å². The van der Waals surface area contributed by atoms with Crippen LogP contribution in [0, 0.1) is 0 Å². The fourth-order valence-electron chi connectivity index (χ4n) is 6.42. The van der Waals surface area contributed by atoms with E-state index >= 15 is 0 Å². The van der Waals surface area contributed by atoms with Crippen molar-refractivity contribution in [3.63, 3.8) is 0 Å². The van der Waals surface area contributed by atoms with E-state index in [0.29, 0.717) is 0 Å². The van der Waals surface area contributed by atoms with Gasteiger partial charge in [-0.15, -0.1) is 0 Å². The highest BCUT2D eigenvalue weighted by Gasteiger charge is 2.48. The van der Waals surface area contributed by atoms with Gasteiger partial charge < -0.3 is 4.57 Å². The Labute approximate surface area is 213 Å². The number of fused-ring (bicyclic) bond motifs is 7. The lowest BCUT2D eigenvalue weighted by atomic mass is 9.67. The fraction of sp³-hybridized carbons (Fsp3) is 0.0909. The molecule has 0 aliphatic heterocycles. The number of rotatable bonds is 3. The highest BCUT2D eigenvalue weighted by Crippen LogP contribution is 2.59. The molecule has 2 heteroatoms. The Hall–Kier alpha value is -3.62. The average molecular weight is 514 g/mol. The Kier molecular flexibility index (Phi) is 4.56. The molecule has 1 nitrogen and oxygen atoms in total. The minimum absolute atomic E-state index is 0.419. The Morgan fingerprint density at radius 3 is 1.97 bits per heavy atom. The summed E-state index contributed by atoms with van der Waals surface area (Å²) in [5.74, 6) is 0. The van der Waals surface area contributed by atoms with Crippen LogP contribution in [0.5, 0.6) is 0 Å². The summed E-state index contributed by atoms with van der Waals surface area (Å²) in [5.41, 5.74) is 10.2. The van der Waals surface area contributed by atoms with Gasteiger partial charge in [0.1, 0.15) is 0 Å². The highest BCUT2D eigenvalue weighted by atomic mass is 79.9. The molecule has 0 saturated carbocycles. The Morgan fingerprint density at radius 2 is 1.29 bits per heavy atom. The van der Waals surface area contributed by atoms with E-state index in [9.17, 15) is 0 Å². The lowest BCUT2D eigenvalue weighted by molar-refractivity contribution is 0.756. The second-order valence-electron chi connectivity index (χ2n) is 9.32. The standard InChI is InChI=1S/C33H24BrN/c1-2-35-30-16-10-9-15-26(30)28-20-19-27-25-18-17-24(34)21-29(25)33(31(27)32(28)35,22-11-5-3-6-12-22)23-13-7-4-8-14-23/h3-21H,2H2,1H3. The zero-order chi connectivity index (χ0) is 23.6. The Bertz CT molecular complexity index is 1690. The molecular formula is C33H24BrN. The van der Waals surface area contributed by atoms with Crippen LogP contribution in [0.25, 0.3) is 32.9 Å². The van der Waals surface area contributed by atoms with E-state index in [4.69, 9.17) is 0 Å². The first kappa shape index (κ1) is 20.7. The van der Waals surface area contributed by atoms with Gasteiger partial charge in [-0.2, -0.15) is 0 Å². The number of hydrogen-bond acceptors (Lipinski definition) is 0. The van der Waals surface area contributed by atoms with Gasteiger partial charge in [-0.3, -0.25) is 0 Å². The van der Waals surface area contributed by atoms with Crippen molar-refractivity contribution in [2.75, 3.05) is 0 Å².